The van der Waals surface area contributed by atoms with Gasteiger partial charge in [-0.25, -0.2) is 0 Å². The maximum atomic E-state index is 6.26. The second-order valence-electron chi connectivity index (χ2n) is 9.41. The maximum Gasteiger partial charge on any atom is 0.130 e. The summed E-state index contributed by atoms with van der Waals surface area (Å²) in [6.45, 7) is 10.9. The lowest BCUT2D eigenvalue weighted by molar-refractivity contribution is 0.214. The number of amidine groups is 1. The molecule has 1 aliphatic heterocycles. The molecule has 0 aromatic rings. The number of nitrogens with one attached hydrogen (secondary N) is 1. The lowest BCUT2D eigenvalue weighted by atomic mass is 9.99. The molecule has 0 saturated heterocycles. The fourth-order valence-electron chi connectivity index (χ4n) is 3.73. The average molecular weight is 482 g/mol. The second-order valence-corrected chi connectivity index (χ2v) is 9.41. The molecule has 35 heavy (non-hydrogen) atoms. The van der Waals surface area contributed by atoms with Gasteiger partial charge >= 0.3 is 0 Å². The standard InChI is InChI=1S/C28H43N5O2/c1-8-15-35-20(3)17-24(25(31-9-2)12-16-34-7)27(30-6)32-21(4)26-18-22(29)10-11-23(33-26)19-28(5)13-14-28/h9-10,12,16-18,21H,8,11,13-15,19,29H2,1-7H3,(H,30,32)/b16-12+,20-17+,25-24-,31-9+. The van der Waals surface area contributed by atoms with Crippen LogP contribution >= 0.6 is 0 Å². The number of hydrogen-bond acceptors (Lipinski definition) is 6. The van der Waals surface area contributed by atoms with Crippen LogP contribution in [-0.4, -0.2) is 44.6 Å². The van der Waals surface area contributed by atoms with Crippen LogP contribution in [0.2, 0.25) is 0 Å². The molecular formula is C28H43N5O2. The number of aliphatic imine (C=N–C) groups is 3. The summed E-state index contributed by atoms with van der Waals surface area (Å²) in [7, 11) is 3.37. The molecule has 1 fully saturated rings. The molecule has 0 amide bonds. The van der Waals surface area contributed by atoms with Crippen LogP contribution in [0.25, 0.3) is 0 Å². The molecule has 2 aliphatic rings. The van der Waals surface area contributed by atoms with Gasteiger partial charge in [-0.05, 0) is 70.1 Å². The zero-order chi connectivity index (χ0) is 25.8. The molecule has 1 aliphatic carbocycles. The van der Waals surface area contributed by atoms with Crippen molar-refractivity contribution in [2.24, 2.45) is 26.1 Å². The van der Waals surface area contributed by atoms with Crippen LogP contribution in [-0.2, 0) is 9.47 Å². The lowest BCUT2D eigenvalue weighted by Crippen LogP contribution is -2.35. The number of hydrogen-bond donors (Lipinski definition) is 2. The smallest absolute Gasteiger partial charge is 0.130 e. The van der Waals surface area contributed by atoms with E-state index in [4.69, 9.17) is 20.2 Å². The third kappa shape index (κ3) is 9.23. The molecule has 1 atom stereocenters. The Hall–Kier alpha value is -3.09. The molecule has 7 nitrogen and oxygen atoms in total. The van der Waals surface area contributed by atoms with E-state index in [-0.39, 0.29) is 6.04 Å². The van der Waals surface area contributed by atoms with Crippen LogP contribution in [0.3, 0.4) is 0 Å². The average Bonchev–Trinajstić information content (AvgIpc) is 3.59. The summed E-state index contributed by atoms with van der Waals surface area (Å²) in [5.41, 5.74) is 11.0. The van der Waals surface area contributed by atoms with Gasteiger partial charge in [0.1, 0.15) is 5.84 Å². The summed E-state index contributed by atoms with van der Waals surface area (Å²) in [6.07, 6.45) is 16.4. The van der Waals surface area contributed by atoms with E-state index in [2.05, 4.69) is 42.1 Å². The number of nitrogens with zero attached hydrogens (tertiary/aromatic N) is 3. The van der Waals surface area contributed by atoms with Crippen LogP contribution in [0, 0.1) is 5.41 Å². The van der Waals surface area contributed by atoms with Gasteiger partial charge < -0.3 is 20.5 Å². The molecule has 1 unspecified atom stereocenters. The van der Waals surface area contributed by atoms with Crippen molar-refractivity contribution in [3.05, 3.63) is 59.0 Å². The minimum Gasteiger partial charge on any atom is -0.504 e. The largest absolute Gasteiger partial charge is 0.504 e. The first-order valence-electron chi connectivity index (χ1n) is 12.5. The van der Waals surface area contributed by atoms with Gasteiger partial charge in [-0.3, -0.25) is 15.0 Å². The summed E-state index contributed by atoms with van der Waals surface area (Å²) in [4.78, 5) is 14.2. The van der Waals surface area contributed by atoms with Crippen molar-refractivity contribution in [1.82, 2.24) is 5.32 Å². The van der Waals surface area contributed by atoms with Crippen LogP contribution < -0.4 is 11.1 Å². The molecule has 0 aromatic heterocycles. The fraction of sp³-hybridized carbons (Fsp3) is 0.536. The first kappa shape index (κ1) is 28.1. The highest BCUT2D eigenvalue weighted by Gasteiger charge is 2.38. The first-order chi connectivity index (χ1) is 16.7. The quantitative estimate of drug-likeness (QED) is 0.164. The maximum absolute atomic E-state index is 6.26. The monoisotopic (exact) mass is 481 g/mol. The molecule has 0 spiro atoms. The lowest BCUT2D eigenvalue weighted by Gasteiger charge is -2.20. The van der Waals surface area contributed by atoms with Gasteiger partial charge in [0.2, 0.25) is 0 Å². The molecule has 1 heterocycles. The van der Waals surface area contributed by atoms with E-state index < -0.39 is 0 Å². The summed E-state index contributed by atoms with van der Waals surface area (Å²) >= 11 is 0. The van der Waals surface area contributed by atoms with Crippen molar-refractivity contribution in [2.45, 2.75) is 72.8 Å². The number of nitrogens with two attached hydrogens (primary N) is 1. The highest BCUT2D eigenvalue weighted by molar-refractivity contribution is 6.02. The molecule has 0 bridgehead atoms. The summed E-state index contributed by atoms with van der Waals surface area (Å²) in [5, 5.41) is 3.55. The summed E-state index contributed by atoms with van der Waals surface area (Å²) < 4.78 is 11.0. The molecule has 192 valence electrons. The number of ether oxygens (including phenoxy) is 2. The van der Waals surface area contributed by atoms with E-state index in [0.29, 0.717) is 23.6 Å². The Kier molecular flexibility index (Phi) is 11.0. The third-order valence-electron chi connectivity index (χ3n) is 5.97. The minimum atomic E-state index is -0.126. The predicted octanol–water partition coefficient (Wildman–Crippen LogP) is 5.59. The molecule has 3 N–H and O–H groups in total. The Labute approximate surface area is 211 Å². The summed E-state index contributed by atoms with van der Waals surface area (Å²) in [6, 6.07) is -0.126. The molecular weight excluding hydrogens is 438 g/mol. The van der Waals surface area contributed by atoms with Crippen molar-refractivity contribution in [1.29, 1.82) is 0 Å². The van der Waals surface area contributed by atoms with E-state index in [1.165, 1.54) is 18.6 Å². The highest BCUT2D eigenvalue weighted by atomic mass is 16.5. The Morgan fingerprint density at radius 1 is 1.37 bits per heavy atom. The van der Waals surface area contributed by atoms with Gasteiger partial charge in [-0.1, -0.05) is 19.9 Å². The first-order valence-corrected chi connectivity index (χ1v) is 12.5. The Morgan fingerprint density at radius 2 is 2.11 bits per heavy atom. The van der Waals surface area contributed by atoms with Crippen LogP contribution in [0.4, 0.5) is 0 Å². The Morgan fingerprint density at radius 3 is 2.71 bits per heavy atom. The minimum absolute atomic E-state index is 0.126. The Bertz CT molecular complexity index is 975. The van der Waals surface area contributed by atoms with Gasteiger partial charge in [0, 0.05) is 36.7 Å². The topological polar surface area (TPSA) is 93.6 Å². The number of methoxy groups -OCH3 is 1. The number of rotatable bonds is 12. The molecule has 0 radical (unpaired) electrons. The van der Waals surface area contributed by atoms with Gasteiger partial charge in [0.25, 0.3) is 0 Å². The van der Waals surface area contributed by atoms with Gasteiger partial charge in [-0.2, -0.15) is 0 Å². The molecule has 1 saturated carbocycles. The third-order valence-corrected chi connectivity index (χ3v) is 5.97. The normalized spacial score (nSPS) is 20.0. The van der Waals surface area contributed by atoms with Crippen molar-refractivity contribution in [3.63, 3.8) is 0 Å². The van der Waals surface area contributed by atoms with Crippen molar-refractivity contribution in [2.75, 3.05) is 20.8 Å². The molecule has 7 heteroatoms. The predicted molar refractivity (Wildman–Crippen MR) is 148 cm³/mol. The number of allylic oxidation sites excluding steroid dienone is 4. The molecule has 2 rings (SSSR count). The Balaban J connectivity index is 2.41. The zero-order valence-corrected chi connectivity index (χ0v) is 22.5. The summed E-state index contributed by atoms with van der Waals surface area (Å²) in [5.74, 6) is 1.46. The van der Waals surface area contributed by atoms with E-state index in [9.17, 15) is 0 Å². The SMILES string of the molecule is C/C=N/C(/C=C/OC)=C(/C=C(\C)OCCC)C(=N/C)\NC(C)C1=CC(N)=CCC(CC2(C)CC2)=N1. The van der Waals surface area contributed by atoms with Crippen LogP contribution in [0.1, 0.15) is 66.7 Å². The van der Waals surface area contributed by atoms with Gasteiger partial charge in [-0.15, -0.1) is 0 Å². The zero-order valence-electron chi connectivity index (χ0n) is 22.5. The van der Waals surface area contributed by atoms with E-state index in [1.807, 2.05) is 32.1 Å². The fourth-order valence-corrected chi connectivity index (χ4v) is 3.73. The van der Waals surface area contributed by atoms with E-state index in [0.717, 1.165) is 42.0 Å². The highest BCUT2D eigenvalue weighted by Crippen LogP contribution is 2.48. The van der Waals surface area contributed by atoms with Crippen molar-refractivity contribution in [3.8, 4) is 0 Å². The van der Waals surface area contributed by atoms with Crippen LogP contribution in [0.15, 0.2) is 74.0 Å². The van der Waals surface area contributed by atoms with Crippen molar-refractivity contribution >= 4 is 17.8 Å². The van der Waals surface area contributed by atoms with Crippen molar-refractivity contribution < 1.29 is 9.47 Å². The molecule has 0 aromatic carbocycles. The van der Waals surface area contributed by atoms with Crippen LogP contribution in [0.5, 0.6) is 0 Å². The van der Waals surface area contributed by atoms with Gasteiger partial charge in [0.15, 0.2) is 0 Å². The second kappa shape index (κ2) is 13.7. The van der Waals surface area contributed by atoms with Gasteiger partial charge in [0.05, 0.1) is 43.2 Å². The van der Waals surface area contributed by atoms with E-state index in [1.54, 1.807) is 26.6 Å². The van der Waals surface area contributed by atoms with E-state index >= 15 is 0 Å².